The first-order valence-electron chi connectivity index (χ1n) is 7.01. The summed E-state index contributed by atoms with van der Waals surface area (Å²) in [6, 6.07) is 0. The standard InChI is InChI=1S/C13H27NOSi/c1-13(14-16-15-2,11-7-3-4-8-11)12-9-5-6-10-12/h11-12,14H,3-10,16H2,1-2H3. The summed E-state index contributed by atoms with van der Waals surface area (Å²) in [5.74, 6) is 1.83. The predicted molar refractivity (Wildman–Crippen MR) is 71.0 cm³/mol. The van der Waals surface area contributed by atoms with Gasteiger partial charge in [-0.25, -0.2) is 0 Å². The zero-order valence-electron chi connectivity index (χ0n) is 10.9. The molecule has 0 aromatic rings. The lowest BCUT2D eigenvalue weighted by atomic mass is 9.74. The molecule has 0 saturated heterocycles. The largest absolute Gasteiger partial charge is 0.412 e. The van der Waals surface area contributed by atoms with Crippen molar-refractivity contribution in [2.45, 2.75) is 63.8 Å². The maximum Gasteiger partial charge on any atom is 0.235 e. The summed E-state index contributed by atoms with van der Waals surface area (Å²) in [5, 5.41) is 0. The Morgan fingerprint density at radius 1 is 1.00 bits per heavy atom. The number of hydrogen-bond acceptors (Lipinski definition) is 2. The van der Waals surface area contributed by atoms with E-state index in [1.54, 1.807) is 0 Å². The third-order valence-corrected chi connectivity index (χ3v) is 6.20. The molecule has 0 aromatic carbocycles. The van der Waals surface area contributed by atoms with Crippen molar-refractivity contribution in [3.63, 3.8) is 0 Å². The summed E-state index contributed by atoms with van der Waals surface area (Å²) in [7, 11) is 1.35. The van der Waals surface area contributed by atoms with Crippen molar-refractivity contribution < 1.29 is 4.43 Å². The average molecular weight is 241 g/mol. The second kappa shape index (κ2) is 5.65. The monoisotopic (exact) mass is 241 g/mol. The molecule has 0 aromatic heterocycles. The van der Waals surface area contributed by atoms with Gasteiger partial charge in [0.25, 0.3) is 0 Å². The molecule has 0 aliphatic heterocycles. The topological polar surface area (TPSA) is 21.3 Å². The minimum atomic E-state index is -0.500. The Hall–Kier alpha value is 0.137. The van der Waals surface area contributed by atoms with Gasteiger partial charge in [-0.3, -0.25) is 0 Å². The molecule has 2 fully saturated rings. The van der Waals surface area contributed by atoms with Crippen LogP contribution < -0.4 is 4.98 Å². The van der Waals surface area contributed by atoms with E-state index in [1.165, 1.54) is 51.4 Å². The third kappa shape index (κ3) is 2.52. The molecule has 2 saturated carbocycles. The van der Waals surface area contributed by atoms with E-state index in [9.17, 15) is 0 Å². The van der Waals surface area contributed by atoms with Gasteiger partial charge in [-0.1, -0.05) is 25.7 Å². The van der Waals surface area contributed by atoms with Crippen molar-refractivity contribution in [2.24, 2.45) is 11.8 Å². The molecular weight excluding hydrogens is 214 g/mol. The molecule has 94 valence electrons. The highest BCUT2D eigenvalue weighted by Gasteiger charge is 2.42. The summed E-state index contributed by atoms with van der Waals surface area (Å²) in [6.07, 6.45) is 11.6. The lowest BCUT2D eigenvalue weighted by Gasteiger charge is -2.42. The Balaban J connectivity index is 2.03. The lowest BCUT2D eigenvalue weighted by molar-refractivity contribution is 0.169. The smallest absolute Gasteiger partial charge is 0.235 e. The van der Waals surface area contributed by atoms with Crippen LogP contribution in [0, 0.1) is 11.8 Å². The average Bonchev–Trinajstić information content (AvgIpc) is 2.96. The molecule has 16 heavy (non-hydrogen) atoms. The molecule has 2 aliphatic carbocycles. The van der Waals surface area contributed by atoms with Gasteiger partial charge < -0.3 is 9.41 Å². The zero-order chi connectivity index (χ0) is 11.4. The summed E-state index contributed by atoms with van der Waals surface area (Å²) < 4.78 is 5.38. The minimum Gasteiger partial charge on any atom is -0.412 e. The Morgan fingerprint density at radius 3 is 1.81 bits per heavy atom. The van der Waals surface area contributed by atoms with Crippen LogP contribution in [0.2, 0.25) is 0 Å². The van der Waals surface area contributed by atoms with Gasteiger partial charge in [0.2, 0.25) is 9.92 Å². The van der Waals surface area contributed by atoms with Crippen molar-refractivity contribution in [1.29, 1.82) is 0 Å². The van der Waals surface area contributed by atoms with Crippen LogP contribution in [-0.4, -0.2) is 22.6 Å². The molecule has 0 bridgehead atoms. The Kier molecular flexibility index (Phi) is 4.45. The van der Waals surface area contributed by atoms with Gasteiger partial charge in [0.15, 0.2) is 0 Å². The quantitative estimate of drug-likeness (QED) is 0.746. The first-order chi connectivity index (χ1) is 7.77. The maximum atomic E-state index is 5.38. The van der Waals surface area contributed by atoms with Crippen molar-refractivity contribution >= 4 is 9.92 Å². The van der Waals surface area contributed by atoms with Gasteiger partial charge in [-0.15, -0.1) is 0 Å². The number of rotatable bonds is 5. The van der Waals surface area contributed by atoms with Gasteiger partial charge in [-0.2, -0.15) is 0 Å². The predicted octanol–water partition coefficient (Wildman–Crippen LogP) is 2.36. The minimum absolute atomic E-state index is 0.398. The number of hydrogen-bond donors (Lipinski definition) is 1. The lowest BCUT2D eigenvalue weighted by Crippen LogP contribution is -2.54. The first kappa shape index (κ1) is 12.6. The fourth-order valence-corrected chi connectivity index (χ4v) is 4.93. The molecule has 0 radical (unpaired) electrons. The molecule has 2 rings (SSSR count). The molecular formula is C13H27NOSi. The van der Waals surface area contributed by atoms with Crippen LogP contribution in [0.15, 0.2) is 0 Å². The van der Waals surface area contributed by atoms with E-state index in [2.05, 4.69) is 11.9 Å². The fraction of sp³-hybridized carbons (Fsp3) is 1.00. The molecule has 0 atom stereocenters. The molecule has 3 heteroatoms. The molecule has 0 heterocycles. The summed E-state index contributed by atoms with van der Waals surface area (Å²) in [5.41, 5.74) is 0.398. The second-order valence-corrected chi connectivity index (χ2v) is 7.07. The van der Waals surface area contributed by atoms with E-state index in [0.717, 1.165) is 11.8 Å². The van der Waals surface area contributed by atoms with Crippen LogP contribution >= 0.6 is 0 Å². The first-order valence-corrected chi connectivity index (χ1v) is 8.30. The van der Waals surface area contributed by atoms with E-state index >= 15 is 0 Å². The van der Waals surface area contributed by atoms with Crippen molar-refractivity contribution in [3.8, 4) is 0 Å². The molecule has 1 N–H and O–H groups in total. The van der Waals surface area contributed by atoms with Crippen LogP contribution in [0.3, 0.4) is 0 Å². The highest BCUT2D eigenvalue weighted by atomic mass is 28.2. The summed E-state index contributed by atoms with van der Waals surface area (Å²) in [4.78, 5) is 3.85. The van der Waals surface area contributed by atoms with Gasteiger partial charge in [0.05, 0.1) is 0 Å². The normalized spacial score (nSPS) is 25.1. The highest BCUT2D eigenvalue weighted by Crippen LogP contribution is 2.44. The molecule has 2 nitrogen and oxygen atoms in total. The van der Waals surface area contributed by atoms with Crippen molar-refractivity contribution in [1.82, 2.24) is 4.98 Å². The molecule has 2 aliphatic rings. The van der Waals surface area contributed by atoms with Crippen molar-refractivity contribution in [2.75, 3.05) is 7.11 Å². The van der Waals surface area contributed by atoms with E-state index in [-0.39, 0.29) is 0 Å². The van der Waals surface area contributed by atoms with Gasteiger partial charge >= 0.3 is 0 Å². The van der Waals surface area contributed by atoms with Gasteiger partial charge in [0.1, 0.15) is 0 Å². The Morgan fingerprint density at radius 2 is 1.44 bits per heavy atom. The van der Waals surface area contributed by atoms with Gasteiger partial charge in [-0.05, 0) is 44.4 Å². The third-order valence-electron chi connectivity index (χ3n) is 5.00. The Labute approximate surface area is 103 Å². The van der Waals surface area contributed by atoms with Crippen LogP contribution in [0.25, 0.3) is 0 Å². The van der Waals surface area contributed by atoms with Crippen LogP contribution in [0.1, 0.15) is 58.3 Å². The van der Waals surface area contributed by atoms with Crippen LogP contribution in [-0.2, 0) is 4.43 Å². The Bertz CT molecular complexity index is 194. The van der Waals surface area contributed by atoms with Gasteiger partial charge in [0, 0.05) is 12.6 Å². The van der Waals surface area contributed by atoms with Crippen LogP contribution in [0.5, 0.6) is 0 Å². The molecule has 0 unspecified atom stereocenters. The summed E-state index contributed by atoms with van der Waals surface area (Å²) in [6.45, 7) is 2.49. The highest BCUT2D eigenvalue weighted by molar-refractivity contribution is 6.23. The SMILES string of the molecule is CO[SiH2]NC(C)(C1CCCC1)C1CCCC1. The molecule has 0 spiro atoms. The second-order valence-electron chi connectivity index (χ2n) is 5.86. The van der Waals surface area contributed by atoms with Crippen LogP contribution in [0.4, 0.5) is 0 Å². The fourth-order valence-electron chi connectivity index (χ4n) is 3.90. The molecule has 0 amide bonds. The van der Waals surface area contributed by atoms with E-state index in [0.29, 0.717) is 5.54 Å². The van der Waals surface area contributed by atoms with Crippen molar-refractivity contribution in [3.05, 3.63) is 0 Å². The number of nitrogens with one attached hydrogen (secondary N) is 1. The maximum absolute atomic E-state index is 5.38. The van der Waals surface area contributed by atoms with E-state index < -0.39 is 9.92 Å². The van der Waals surface area contributed by atoms with E-state index in [1.807, 2.05) is 7.11 Å². The van der Waals surface area contributed by atoms with E-state index in [4.69, 9.17) is 4.43 Å². The summed E-state index contributed by atoms with van der Waals surface area (Å²) >= 11 is 0. The zero-order valence-corrected chi connectivity index (χ0v) is 12.3.